The summed E-state index contributed by atoms with van der Waals surface area (Å²) >= 11 is 1.51. The van der Waals surface area contributed by atoms with Gasteiger partial charge in [0.15, 0.2) is 5.16 Å². The number of nitrogens with zero attached hydrogens (tertiary/aromatic N) is 6. The van der Waals surface area contributed by atoms with Gasteiger partial charge >= 0.3 is 0 Å². The summed E-state index contributed by atoms with van der Waals surface area (Å²) in [4.78, 5) is 4.96. The fraction of sp³-hybridized carbons (Fsp3) is 0.286. The molecule has 2 aromatic carbocycles. The quantitative estimate of drug-likeness (QED) is 0.364. The Morgan fingerprint density at radius 1 is 1.16 bits per heavy atom. The predicted molar refractivity (Wildman–Crippen MR) is 124 cm³/mol. The van der Waals surface area contributed by atoms with Crippen LogP contribution in [-0.2, 0) is 22.3 Å². The number of aromatic nitrogens is 5. The first-order valence-corrected chi connectivity index (χ1v) is 12.4. The first-order valence-electron chi connectivity index (χ1n) is 9.94. The maximum Gasteiger partial charge on any atom is 0.242 e. The van der Waals surface area contributed by atoms with Crippen molar-refractivity contribution in [3.05, 3.63) is 54.6 Å². The van der Waals surface area contributed by atoms with Crippen LogP contribution < -0.4 is 4.74 Å². The fourth-order valence-electron chi connectivity index (χ4n) is 3.38. The van der Waals surface area contributed by atoms with Gasteiger partial charge in [0.1, 0.15) is 17.9 Å². The van der Waals surface area contributed by atoms with Gasteiger partial charge < -0.3 is 9.30 Å². The van der Waals surface area contributed by atoms with Gasteiger partial charge in [0.2, 0.25) is 10.0 Å². The Labute approximate surface area is 191 Å². The maximum atomic E-state index is 12.5. The molecule has 32 heavy (non-hydrogen) atoms. The molecular weight excluding hydrogens is 448 g/mol. The molecule has 168 valence electrons. The minimum absolute atomic E-state index is 0.229. The Morgan fingerprint density at radius 3 is 2.69 bits per heavy atom. The van der Waals surface area contributed by atoms with Gasteiger partial charge in [0.05, 0.1) is 34.5 Å². The van der Waals surface area contributed by atoms with Gasteiger partial charge in [0, 0.05) is 26.7 Å². The zero-order valence-corrected chi connectivity index (χ0v) is 19.9. The first kappa shape index (κ1) is 22.3. The topological polar surface area (TPSA) is 95.1 Å². The molecule has 0 unspecified atom stereocenters. The third kappa shape index (κ3) is 4.10. The van der Waals surface area contributed by atoms with Crippen molar-refractivity contribution in [1.82, 2.24) is 28.6 Å². The predicted octanol–water partition coefficient (Wildman–Crippen LogP) is 3.19. The molecule has 0 spiro atoms. The van der Waals surface area contributed by atoms with Crippen molar-refractivity contribution in [2.45, 2.75) is 29.3 Å². The number of fused-ring (bicyclic) bond motifs is 1. The third-order valence-corrected chi connectivity index (χ3v) is 7.82. The van der Waals surface area contributed by atoms with Crippen molar-refractivity contribution in [3.8, 4) is 11.4 Å². The Hall–Kier alpha value is -2.89. The molecule has 0 N–H and O–H groups in total. The van der Waals surface area contributed by atoms with E-state index in [9.17, 15) is 8.42 Å². The van der Waals surface area contributed by atoms with Gasteiger partial charge in [-0.05, 0) is 37.3 Å². The van der Waals surface area contributed by atoms with Gasteiger partial charge in [-0.25, -0.2) is 17.7 Å². The van der Waals surface area contributed by atoms with Crippen LogP contribution in [0.25, 0.3) is 16.7 Å². The van der Waals surface area contributed by atoms with E-state index in [4.69, 9.17) is 9.72 Å². The zero-order valence-electron chi connectivity index (χ0n) is 18.3. The lowest BCUT2D eigenvalue weighted by molar-refractivity contribution is 0.414. The SMILES string of the molecule is CCn1c(CSc2nncn2-c2cccc(OC)c2)nc2cc(S(=O)(=O)N(C)C)ccc21. The molecule has 0 fully saturated rings. The Morgan fingerprint density at radius 2 is 1.97 bits per heavy atom. The molecule has 0 bridgehead atoms. The summed E-state index contributed by atoms with van der Waals surface area (Å²) in [6, 6.07) is 12.7. The lowest BCUT2D eigenvalue weighted by atomic mass is 10.3. The number of sulfonamides is 1. The lowest BCUT2D eigenvalue weighted by Gasteiger charge is -2.11. The normalized spacial score (nSPS) is 12.0. The van der Waals surface area contributed by atoms with E-state index in [1.807, 2.05) is 41.8 Å². The smallest absolute Gasteiger partial charge is 0.242 e. The van der Waals surface area contributed by atoms with E-state index in [0.717, 1.165) is 34.5 Å². The molecule has 0 saturated heterocycles. The number of rotatable bonds is 8. The molecule has 4 rings (SSSR count). The monoisotopic (exact) mass is 472 g/mol. The lowest BCUT2D eigenvalue weighted by Crippen LogP contribution is -2.22. The van der Waals surface area contributed by atoms with Crippen molar-refractivity contribution in [2.75, 3.05) is 21.2 Å². The van der Waals surface area contributed by atoms with E-state index in [1.54, 1.807) is 25.6 Å². The second-order valence-corrected chi connectivity index (χ2v) is 10.3. The summed E-state index contributed by atoms with van der Waals surface area (Å²) in [5.41, 5.74) is 2.45. The highest BCUT2D eigenvalue weighted by molar-refractivity contribution is 7.98. The number of benzene rings is 2. The van der Waals surface area contributed by atoms with E-state index in [-0.39, 0.29) is 4.90 Å². The highest BCUT2D eigenvalue weighted by atomic mass is 32.2. The third-order valence-electron chi connectivity index (χ3n) is 5.07. The molecule has 0 atom stereocenters. The minimum atomic E-state index is -3.52. The van der Waals surface area contributed by atoms with Crippen LogP contribution in [0.3, 0.4) is 0 Å². The molecule has 0 saturated carbocycles. The second-order valence-electron chi connectivity index (χ2n) is 7.18. The van der Waals surface area contributed by atoms with Gasteiger partial charge in [-0.15, -0.1) is 10.2 Å². The van der Waals surface area contributed by atoms with E-state index in [1.165, 1.54) is 30.2 Å². The molecule has 0 radical (unpaired) electrons. The van der Waals surface area contributed by atoms with Crippen LogP contribution in [-0.4, -0.2) is 58.2 Å². The van der Waals surface area contributed by atoms with Crippen molar-refractivity contribution in [3.63, 3.8) is 0 Å². The van der Waals surface area contributed by atoms with Gasteiger partial charge in [-0.1, -0.05) is 17.8 Å². The molecule has 0 aliphatic rings. The van der Waals surface area contributed by atoms with Crippen LogP contribution in [0.2, 0.25) is 0 Å². The summed E-state index contributed by atoms with van der Waals surface area (Å²) in [6.45, 7) is 2.76. The van der Waals surface area contributed by atoms with Crippen molar-refractivity contribution in [2.24, 2.45) is 0 Å². The largest absolute Gasteiger partial charge is 0.497 e. The standard InChI is InChI=1S/C21H24N6O3S2/c1-5-26-19-10-9-17(32(28,29)25(2)3)12-18(19)23-20(26)13-31-21-24-22-14-27(21)15-7-6-8-16(11-15)30-4/h6-12,14H,5,13H2,1-4H3. The summed E-state index contributed by atoms with van der Waals surface area (Å²) in [5.74, 6) is 2.15. The molecule has 2 aromatic heterocycles. The van der Waals surface area contributed by atoms with E-state index < -0.39 is 10.0 Å². The number of methoxy groups -OCH3 is 1. The van der Waals surface area contributed by atoms with Crippen LogP contribution in [0, 0.1) is 0 Å². The first-order chi connectivity index (χ1) is 15.3. The second kappa shape index (κ2) is 8.93. The molecule has 0 amide bonds. The Balaban J connectivity index is 1.64. The molecular formula is C21H24N6O3S2. The molecule has 0 aliphatic carbocycles. The van der Waals surface area contributed by atoms with Crippen molar-refractivity contribution < 1.29 is 13.2 Å². The average Bonchev–Trinajstić information content (AvgIpc) is 3.40. The summed E-state index contributed by atoms with van der Waals surface area (Å²) in [7, 11) is 1.15. The molecule has 0 aliphatic heterocycles. The molecule has 4 aromatic rings. The number of hydrogen-bond donors (Lipinski definition) is 0. The highest BCUT2D eigenvalue weighted by Crippen LogP contribution is 2.28. The number of aryl methyl sites for hydroxylation is 1. The molecule has 11 heteroatoms. The minimum Gasteiger partial charge on any atom is -0.497 e. The van der Waals surface area contributed by atoms with Crippen molar-refractivity contribution in [1.29, 1.82) is 0 Å². The number of hydrogen-bond acceptors (Lipinski definition) is 7. The highest BCUT2D eigenvalue weighted by Gasteiger charge is 2.20. The van der Waals surface area contributed by atoms with Crippen LogP contribution in [0.15, 0.2) is 58.8 Å². The van der Waals surface area contributed by atoms with Crippen LogP contribution in [0.5, 0.6) is 5.75 Å². The van der Waals surface area contributed by atoms with Crippen LogP contribution in [0.1, 0.15) is 12.7 Å². The van der Waals surface area contributed by atoms with Gasteiger partial charge in [0.25, 0.3) is 0 Å². The van der Waals surface area contributed by atoms with E-state index in [2.05, 4.69) is 14.8 Å². The van der Waals surface area contributed by atoms with Gasteiger partial charge in [-0.2, -0.15) is 0 Å². The summed E-state index contributed by atoms with van der Waals surface area (Å²) in [5, 5.41) is 9.04. The maximum absolute atomic E-state index is 12.5. The molecule has 2 heterocycles. The number of ether oxygens (including phenoxy) is 1. The Bertz CT molecular complexity index is 1360. The number of thioether (sulfide) groups is 1. The van der Waals surface area contributed by atoms with E-state index >= 15 is 0 Å². The van der Waals surface area contributed by atoms with Crippen LogP contribution in [0.4, 0.5) is 0 Å². The number of imidazole rings is 1. The average molecular weight is 473 g/mol. The molecule has 9 nitrogen and oxygen atoms in total. The zero-order chi connectivity index (χ0) is 22.9. The fourth-order valence-corrected chi connectivity index (χ4v) is 5.18. The van der Waals surface area contributed by atoms with E-state index in [0.29, 0.717) is 11.3 Å². The van der Waals surface area contributed by atoms with Crippen molar-refractivity contribution >= 4 is 32.8 Å². The summed E-state index contributed by atoms with van der Waals surface area (Å²) in [6.07, 6.45) is 1.66. The summed E-state index contributed by atoms with van der Waals surface area (Å²) < 4.78 is 35.5. The van der Waals surface area contributed by atoms with Crippen LogP contribution >= 0.6 is 11.8 Å². The Kier molecular flexibility index (Phi) is 6.22. The van der Waals surface area contributed by atoms with Gasteiger partial charge in [-0.3, -0.25) is 4.57 Å².